The molecule has 1 aromatic carbocycles. The maximum atomic E-state index is 12.1. The van der Waals surface area contributed by atoms with E-state index in [0.29, 0.717) is 6.54 Å². The van der Waals surface area contributed by atoms with Gasteiger partial charge in [0.1, 0.15) is 0 Å². The van der Waals surface area contributed by atoms with Crippen molar-refractivity contribution in [2.24, 2.45) is 0 Å². The van der Waals surface area contributed by atoms with Crippen LogP contribution in [0.3, 0.4) is 0 Å². The number of aromatic nitrogens is 1. The molecule has 0 radical (unpaired) electrons. The second-order valence-electron chi connectivity index (χ2n) is 6.94. The number of rotatable bonds is 5. The molecule has 1 aliphatic rings. The van der Waals surface area contributed by atoms with E-state index in [1.165, 1.54) is 11.1 Å². The van der Waals surface area contributed by atoms with Crippen LogP contribution in [0.1, 0.15) is 26.0 Å². The first kappa shape index (κ1) is 17.7. The van der Waals surface area contributed by atoms with Gasteiger partial charge in [0.05, 0.1) is 12.1 Å². The van der Waals surface area contributed by atoms with E-state index in [4.69, 9.17) is 0 Å². The van der Waals surface area contributed by atoms with Gasteiger partial charge in [-0.3, -0.25) is 14.7 Å². The lowest BCUT2D eigenvalue weighted by molar-refractivity contribution is -0.122. The van der Waals surface area contributed by atoms with Gasteiger partial charge in [0, 0.05) is 49.0 Å². The first-order valence-electron chi connectivity index (χ1n) is 9.20. The standard InChI is InChI=1S/C20H28N4O/c1-4-15(2)22-20(25)14-23-9-11-24(12-10-23)19-13-16(3)21-18-8-6-5-7-17(18)19/h5-8,13,15H,4,9-12,14H2,1-3H3,(H,22,25). The molecule has 1 aromatic heterocycles. The van der Waals surface area contributed by atoms with E-state index in [1.807, 2.05) is 19.9 Å². The van der Waals surface area contributed by atoms with E-state index in [-0.39, 0.29) is 11.9 Å². The number of nitrogens with one attached hydrogen (secondary N) is 1. The molecule has 0 bridgehead atoms. The number of pyridine rings is 1. The lowest BCUT2D eigenvalue weighted by atomic mass is 10.1. The topological polar surface area (TPSA) is 48.5 Å². The van der Waals surface area contributed by atoms with Crippen molar-refractivity contribution in [3.05, 3.63) is 36.0 Å². The molecule has 134 valence electrons. The maximum absolute atomic E-state index is 12.1. The largest absolute Gasteiger partial charge is 0.368 e. The first-order chi connectivity index (χ1) is 12.1. The summed E-state index contributed by atoms with van der Waals surface area (Å²) in [4.78, 5) is 21.4. The van der Waals surface area contributed by atoms with Crippen LogP contribution in [0.2, 0.25) is 0 Å². The van der Waals surface area contributed by atoms with E-state index in [0.717, 1.165) is 43.8 Å². The van der Waals surface area contributed by atoms with E-state index in [9.17, 15) is 4.79 Å². The minimum absolute atomic E-state index is 0.132. The zero-order chi connectivity index (χ0) is 17.8. The Labute approximate surface area is 150 Å². The highest BCUT2D eigenvalue weighted by Gasteiger charge is 2.21. The Morgan fingerprint density at radius 2 is 1.96 bits per heavy atom. The van der Waals surface area contributed by atoms with Gasteiger partial charge in [-0.15, -0.1) is 0 Å². The van der Waals surface area contributed by atoms with Crippen molar-refractivity contribution in [1.82, 2.24) is 15.2 Å². The summed E-state index contributed by atoms with van der Waals surface area (Å²) < 4.78 is 0. The van der Waals surface area contributed by atoms with Crippen molar-refractivity contribution in [1.29, 1.82) is 0 Å². The Bertz CT molecular complexity index is 738. The quantitative estimate of drug-likeness (QED) is 0.909. The van der Waals surface area contributed by atoms with E-state index < -0.39 is 0 Å². The van der Waals surface area contributed by atoms with Crippen molar-refractivity contribution < 1.29 is 4.79 Å². The third-order valence-corrected chi connectivity index (χ3v) is 4.92. The molecule has 0 spiro atoms. The Balaban J connectivity index is 1.64. The molecule has 1 aliphatic heterocycles. The number of anilines is 1. The first-order valence-corrected chi connectivity index (χ1v) is 9.20. The number of fused-ring (bicyclic) bond motifs is 1. The van der Waals surface area contributed by atoms with E-state index in [2.05, 4.69) is 51.3 Å². The third kappa shape index (κ3) is 4.28. The number of hydrogen-bond donors (Lipinski definition) is 1. The summed E-state index contributed by atoms with van der Waals surface area (Å²) in [7, 11) is 0. The zero-order valence-electron chi connectivity index (χ0n) is 15.5. The number of para-hydroxylation sites is 1. The average molecular weight is 340 g/mol. The highest BCUT2D eigenvalue weighted by Crippen LogP contribution is 2.27. The Morgan fingerprint density at radius 1 is 1.24 bits per heavy atom. The van der Waals surface area contributed by atoms with Gasteiger partial charge >= 0.3 is 0 Å². The van der Waals surface area contributed by atoms with Crippen molar-refractivity contribution in [2.75, 3.05) is 37.6 Å². The molecule has 3 rings (SSSR count). The molecule has 1 N–H and O–H groups in total. The highest BCUT2D eigenvalue weighted by molar-refractivity contribution is 5.92. The van der Waals surface area contributed by atoms with Gasteiger partial charge in [0.25, 0.3) is 0 Å². The smallest absolute Gasteiger partial charge is 0.234 e. The van der Waals surface area contributed by atoms with Gasteiger partial charge in [0.2, 0.25) is 5.91 Å². The summed E-state index contributed by atoms with van der Waals surface area (Å²) in [5, 5.41) is 4.25. The maximum Gasteiger partial charge on any atom is 0.234 e. The van der Waals surface area contributed by atoms with Crippen LogP contribution in [0, 0.1) is 6.92 Å². The van der Waals surface area contributed by atoms with Crippen molar-refractivity contribution in [3.8, 4) is 0 Å². The lowest BCUT2D eigenvalue weighted by Gasteiger charge is -2.36. The van der Waals surface area contributed by atoms with Crippen LogP contribution in [-0.2, 0) is 4.79 Å². The number of nitrogens with zero attached hydrogens (tertiary/aromatic N) is 3. The number of carbonyl (C=O) groups is 1. The molecule has 5 nitrogen and oxygen atoms in total. The van der Waals surface area contributed by atoms with Crippen LogP contribution in [0.4, 0.5) is 5.69 Å². The SMILES string of the molecule is CCC(C)NC(=O)CN1CCN(c2cc(C)nc3ccccc23)CC1. The van der Waals surface area contributed by atoms with Crippen LogP contribution in [0.25, 0.3) is 10.9 Å². The molecule has 1 amide bonds. The predicted octanol–water partition coefficient (Wildman–Crippen LogP) is 2.58. The summed E-state index contributed by atoms with van der Waals surface area (Å²) in [6.45, 7) is 10.4. The van der Waals surface area contributed by atoms with Gasteiger partial charge in [-0.1, -0.05) is 25.1 Å². The number of aryl methyl sites for hydroxylation is 1. The fourth-order valence-electron chi connectivity index (χ4n) is 3.32. The Morgan fingerprint density at radius 3 is 2.68 bits per heavy atom. The van der Waals surface area contributed by atoms with Crippen LogP contribution >= 0.6 is 0 Å². The summed E-state index contributed by atoms with van der Waals surface area (Å²) in [5.74, 6) is 0.132. The Hall–Kier alpha value is -2.14. The molecule has 1 fully saturated rings. The number of benzene rings is 1. The summed E-state index contributed by atoms with van der Waals surface area (Å²) in [6.07, 6.45) is 0.966. The second kappa shape index (κ2) is 7.83. The molecule has 1 atom stereocenters. The summed E-state index contributed by atoms with van der Waals surface area (Å²) in [5.41, 5.74) is 3.35. The fraction of sp³-hybridized carbons (Fsp3) is 0.500. The lowest BCUT2D eigenvalue weighted by Crippen LogP contribution is -2.50. The van der Waals surface area contributed by atoms with Crippen LogP contribution in [-0.4, -0.2) is 54.6 Å². The highest BCUT2D eigenvalue weighted by atomic mass is 16.2. The minimum Gasteiger partial charge on any atom is -0.368 e. The Kier molecular flexibility index (Phi) is 5.53. The fourth-order valence-corrected chi connectivity index (χ4v) is 3.32. The summed E-state index contributed by atoms with van der Waals surface area (Å²) >= 11 is 0. The molecule has 5 heteroatoms. The normalized spacial score (nSPS) is 16.8. The second-order valence-corrected chi connectivity index (χ2v) is 6.94. The molecule has 0 saturated carbocycles. The molecule has 25 heavy (non-hydrogen) atoms. The molecule has 1 saturated heterocycles. The average Bonchev–Trinajstić information content (AvgIpc) is 2.61. The molecule has 2 aromatic rings. The van der Waals surface area contributed by atoms with E-state index >= 15 is 0 Å². The third-order valence-electron chi connectivity index (χ3n) is 4.92. The van der Waals surface area contributed by atoms with Crippen LogP contribution in [0.15, 0.2) is 30.3 Å². The summed E-state index contributed by atoms with van der Waals surface area (Å²) in [6, 6.07) is 10.7. The van der Waals surface area contributed by atoms with Crippen LogP contribution < -0.4 is 10.2 Å². The molecular formula is C20H28N4O. The molecule has 2 heterocycles. The number of amides is 1. The van der Waals surface area contributed by atoms with Gasteiger partial charge in [-0.05, 0) is 32.4 Å². The van der Waals surface area contributed by atoms with Gasteiger partial charge in [-0.2, -0.15) is 0 Å². The molecule has 0 aliphatic carbocycles. The monoisotopic (exact) mass is 340 g/mol. The van der Waals surface area contributed by atoms with Crippen molar-refractivity contribution >= 4 is 22.5 Å². The molecule has 1 unspecified atom stereocenters. The number of carbonyl (C=O) groups excluding carboxylic acids is 1. The van der Waals surface area contributed by atoms with Crippen molar-refractivity contribution in [3.63, 3.8) is 0 Å². The number of hydrogen-bond acceptors (Lipinski definition) is 4. The van der Waals surface area contributed by atoms with Gasteiger partial charge in [0.15, 0.2) is 0 Å². The predicted molar refractivity (Wildman–Crippen MR) is 103 cm³/mol. The minimum atomic E-state index is 0.132. The molecular weight excluding hydrogens is 312 g/mol. The van der Waals surface area contributed by atoms with Gasteiger partial charge < -0.3 is 10.2 Å². The van der Waals surface area contributed by atoms with Crippen LogP contribution in [0.5, 0.6) is 0 Å². The van der Waals surface area contributed by atoms with Gasteiger partial charge in [-0.25, -0.2) is 0 Å². The zero-order valence-corrected chi connectivity index (χ0v) is 15.5. The van der Waals surface area contributed by atoms with E-state index in [1.54, 1.807) is 0 Å². The number of piperazine rings is 1. The van der Waals surface area contributed by atoms with Crippen molar-refractivity contribution in [2.45, 2.75) is 33.2 Å².